The van der Waals surface area contributed by atoms with Gasteiger partial charge in [0.05, 0.1) is 12.9 Å². The standard InChI is InChI=1S/C14H17N3O3S/c1-14(5-6-14)8-17-12-9(3-4-10(16-12)20-2)15-13(17)21-7-11(18)19/h3-4H,5-8H2,1-2H3,(H,18,19). The fraction of sp³-hybridized carbons (Fsp3) is 0.500. The molecule has 2 heterocycles. The minimum atomic E-state index is -0.846. The Hall–Kier alpha value is -1.76. The van der Waals surface area contributed by atoms with Crippen molar-refractivity contribution >= 4 is 28.9 Å². The average Bonchev–Trinajstić information content (AvgIpc) is 3.09. The molecule has 1 saturated carbocycles. The maximum absolute atomic E-state index is 10.8. The van der Waals surface area contributed by atoms with Crippen LogP contribution >= 0.6 is 11.8 Å². The molecule has 0 unspecified atom stereocenters. The summed E-state index contributed by atoms with van der Waals surface area (Å²) in [5.41, 5.74) is 1.81. The minimum absolute atomic E-state index is 0.00281. The van der Waals surface area contributed by atoms with Crippen LogP contribution in [-0.4, -0.2) is 38.5 Å². The predicted octanol–water partition coefficient (Wildman–Crippen LogP) is 2.42. The van der Waals surface area contributed by atoms with E-state index < -0.39 is 5.97 Å². The SMILES string of the molecule is COc1ccc2nc(SCC(=O)O)n(CC3(C)CC3)c2n1. The summed E-state index contributed by atoms with van der Waals surface area (Å²) >= 11 is 1.23. The summed E-state index contributed by atoms with van der Waals surface area (Å²) in [5, 5.41) is 9.58. The highest BCUT2D eigenvalue weighted by atomic mass is 32.2. The van der Waals surface area contributed by atoms with E-state index in [1.165, 1.54) is 24.6 Å². The van der Waals surface area contributed by atoms with Gasteiger partial charge in [0, 0.05) is 12.6 Å². The van der Waals surface area contributed by atoms with Crippen LogP contribution in [0.3, 0.4) is 0 Å². The van der Waals surface area contributed by atoms with Crippen molar-refractivity contribution in [2.75, 3.05) is 12.9 Å². The first kappa shape index (κ1) is 14.2. The Labute approximate surface area is 126 Å². The van der Waals surface area contributed by atoms with E-state index in [1.807, 2.05) is 10.6 Å². The van der Waals surface area contributed by atoms with Crippen molar-refractivity contribution in [2.45, 2.75) is 31.5 Å². The monoisotopic (exact) mass is 307 g/mol. The van der Waals surface area contributed by atoms with E-state index in [4.69, 9.17) is 9.84 Å². The van der Waals surface area contributed by atoms with Gasteiger partial charge in [-0.2, -0.15) is 4.98 Å². The van der Waals surface area contributed by atoms with Crippen molar-refractivity contribution in [3.8, 4) is 5.88 Å². The van der Waals surface area contributed by atoms with Crippen molar-refractivity contribution < 1.29 is 14.6 Å². The third-order valence-electron chi connectivity index (χ3n) is 3.71. The van der Waals surface area contributed by atoms with Gasteiger partial charge in [0.15, 0.2) is 10.8 Å². The van der Waals surface area contributed by atoms with Crippen molar-refractivity contribution in [1.29, 1.82) is 0 Å². The van der Waals surface area contributed by atoms with Crippen molar-refractivity contribution in [2.24, 2.45) is 5.41 Å². The molecule has 2 aromatic rings. The lowest BCUT2D eigenvalue weighted by Gasteiger charge is -2.12. The molecule has 3 rings (SSSR count). The number of nitrogens with zero attached hydrogens (tertiary/aromatic N) is 3. The molecule has 2 aromatic heterocycles. The molecule has 1 N–H and O–H groups in total. The second-order valence-electron chi connectivity index (χ2n) is 5.67. The number of imidazole rings is 1. The molecule has 7 heteroatoms. The molecule has 0 radical (unpaired) electrons. The molecule has 6 nitrogen and oxygen atoms in total. The van der Waals surface area contributed by atoms with Gasteiger partial charge >= 0.3 is 5.97 Å². The van der Waals surface area contributed by atoms with Gasteiger partial charge in [0.25, 0.3) is 0 Å². The summed E-state index contributed by atoms with van der Waals surface area (Å²) < 4.78 is 7.20. The quantitative estimate of drug-likeness (QED) is 0.826. The number of methoxy groups -OCH3 is 1. The zero-order valence-electron chi connectivity index (χ0n) is 12.0. The van der Waals surface area contributed by atoms with Crippen LogP contribution in [-0.2, 0) is 11.3 Å². The molecule has 0 aromatic carbocycles. The fourth-order valence-corrected chi connectivity index (χ4v) is 2.93. The third-order valence-corrected chi connectivity index (χ3v) is 4.67. The lowest BCUT2D eigenvalue weighted by Crippen LogP contribution is -2.10. The molecular formula is C14H17N3O3S. The molecule has 112 valence electrons. The molecule has 1 aliphatic carbocycles. The van der Waals surface area contributed by atoms with Crippen LogP contribution in [0, 0.1) is 5.41 Å². The number of hydrogen-bond acceptors (Lipinski definition) is 5. The second-order valence-corrected chi connectivity index (χ2v) is 6.61. The van der Waals surface area contributed by atoms with Gasteiger partial charge in [-0.3, -0.25) is 4.79 Å². The predicted molar refractivity (Wildman–Crippen MR) is 79.8 cm³/mol. The normalized spacial score (nSPS) is 16.1. The van der Waals surface area contributed by atoms with Gasteiger partial charge in [0.1, 0.15) is 5.52 Å². The van der Waals surface area contributed by atoms with Crippen LogP contribution in [0.2, 0.25) is 0 Å². The molecule has 0 saturated heterocycles. The first-order valence-electron chi connectivity index (χ1n) is 6.77. The summed E-state index contributed by atoms with van der Waals surface area (Å²) in [6.45, 7) is 3.04. The number of carbonyl (C=O) groups is 1. The molecule has 21 heavy (non-hydrogen) atoms. The lowest BCUT2D eigenvalue weighted by molar-refractivity contribution is -0.133. The Kier molecular flexibility index (Phi) is 3.52. The Morgan fingerprint density at radius 3 is 2.86 bits per heavy atom. The van der Waals surface area contributed by atoms with Crippen LogP contribution in [0.1, 0.15) is 19.8 Å². The summed E-state index contributed by atoms with van der Waals surface area (Å²) in [6.07, 6.45) is 2.36. The van der Waals surface area contributed by atoms with Crippen LogP contribution in [0.15, 0.2) is 17.3 Å². The van der Waals surface area contributed by atoms with Gasteiger partial charge in [-0.1, -0.05) is 18.7 Å². The number of aliphatic carboxylic acids is 1. The highest BCUT2D eigenvalue weighted by Crippen LogP contribution is 2.47. The molecular weight excluding hydrogens is 290 g/mol. The van der Waals surface area contributed by atoms with Crippen LogP contribution in [0.5, 0.6) is 5.88 Å². The first-order valence-corrected chi connectivity index (χ1v) is 7.75. The number of thioether (sulfide) groups is 1. The highest BCUT2D eigenvalue weighted by Gasteiger charge is 2.38. The molecule has 0 amide bonds. The molecule has 1 aliphatic rings. The minimum Gasteiger partial charge on any atom is -0.481 e. The number of ether oxygens (including phenoxy) is 1. The van der Waals surface area contributed by atoms with E-state index in [1.54, 1.807) is 13.2 Å². The van der Waals surface area contributed by atoms with E-state index in [0.717, 1.165) is 17.7 Å². The Balaban J connectivity index is 2.02. The molecule has 0 bridgehead atoms. The van der Waals surface area contributed by atoms with Gasteiger partial charge in [0.2, 0.25) is 5.88 Å². The molecule has 0 spiro atoms. The number of hydrogen-bond donors (Lipinski definition) is 1. The summed E-state index contributed by atoms with van der Waals surface area (Å²) in [6, 6.07) is 3.63. The number of pyridine rings is 1. The molecule has 1 fully saturated rings. The Morgan fingerprint density at radius 1 is 1.48 bits per heavy atom. The molecule has 0 aliphatic heterocycles. The number of fused-ring (bicyclic) bond motifs is 1. The summed E-state index contributed by atoms with van der Waals surface area (Å²) in [4.78, 5) is 19.8. The van der Waals surface area contributed by atoms with Crippen LogP contribution in [0.4, 0.5) is 0 Å². The van der Waals surface area contributed by atoms with E-state index in [0.29, 0.717) is 11.0 Å². The Bertz CT molecular complexity index is 694. The van der Waals surface area contributed by atoms with E-state index in [-0.39, 0.29) is 11.2 Å². The van der Waals surface area contributed by atoms with Gasteiger partial charge in [-0.05, 0) is 24.3 Å². The van der Waals surface area contributed by atoms with Crippen molar-refractivity contribution in [3.05, 3.63) is 12.1 Å². The summed E-state index contributed by atoms with van der Waals surface area (Å²) in [7, 11) is 1.58. The Morgan fingerprint density at radius 2 is 2.24 bits per heavy atom. The smallest absolute Gasteiger partial charge is 0.313 e. The average molecular weight is 307 g/mol. The highest BCUT2D eigenvalue weighted by molar-refractivity contribution is 7.99. The van der Waals surface area contributed by atoms with Gasteiger partial charge < -0.3 is 14.4 Å². The number of carboxylic acid groups (broad SMARTS) is 1. The van der Waals surface area contributed by atoms with E-state index in [2.05, 4.69) is 16.9 Å². The maximum Gasteiger partial charge on any atom is 0.313 e. The van der Waals surface area contributed by atoms with Crippen molar-refractivity contribution in [3.63, 3.8) is 0 Å². The lowest BCUT2D eigenvalue weighted by atomic mass is 10.1. The number of aromatic nitrogens is 3. The van der Waals surface area contributed by atoms with Crippen LogP contribution < -0.4 is 4.74 Å². The largest absolute Gasteiger partial charge is 0.481 e. The maximum atomic E-state index is 10.8. The van der Waals surface area contributed by atoms with E-state index >= 15 is 0 Å². The summed E-state index contributed by atoms with van der Waals surface area (Å²) in [5.74, 6) is -0.307. The zero-order valence-corrected chi connectivity index (χ0v) is 12.8. The topological polar surface area (TPSA) is 77.2 Å². The van der Waals surface area contributed by atoms with Gasteiger partial charge in [-0.15, -0.1) is 0 Å². The zero-order chi connectivity index (χ0) is 15.0. The van der Waals surface area contributed by atoms with Gasteiger partial charge in [-0.25, -0.2) is 4.98 Å². The number of carboxylic acids is 1. The van der Waals surface area contributed by atoms with E-state index in [9.17, 15) is 4.79 Å². The van der Waals surface area contributed by atoms with Crippen molar-refractivity contribution in [1.82, 2.24) is 14.5 Å². The fourth-order valence-electron chi connectivity index (χ4n) is 2.21. The molecule has 0 atom stereocenters. The third kappa shape index (κ3) is 2.97. The first-order chi connectivity index (χ1) is 10.0. The number of rotatable bonds is 6. The second kappa shape index (κ2) is 5.22. The van der Waals surface area contributed by atoms with Crippen LogP contribution in [0.25, 0.3) is 11.2 Å².